The Morgan fingerprint density at radius 3 is 3.07 bits per heavy atom. The molecule has 1 unspecified atom stereocenters. The zero-order valence-corrected chi connectivity index (χ0v) is 9.42. The molecule has 0 amide bonds. The molecule has 1 rings (SSSR count). The highest BCUT2D eigenvalue weighted by Crippen LogP contribution is 2.16. The van der Waals surface area contributed by atoms with Crippen molar-refractivity contribution >= 4 is 11.8 Å². The molecule has 4 nitrogen and oxygen atoms in total. The number of aromatic nitrogens is 2. The van der Waals surface area contributed by atoms with Crippen molar-refractivity contribution in [1.82, 2.24) is 15.1 Å². The maximum absolute atomic E-state index is 9.54. The second-order valence-electron chi connectivity index (χ2n) is 3.12. The van der Waals surface area contributed by atoms with Crippen molar-refractivity contribution in [3.63, 3.8) is 0 Å². The highest BCUT2D eigenvalue weighted by atomic mass is 32.2. The number of aliphatic hydroxyl groups is 1. The molecule has 0 radical (unpaired) electrons. The van der Waals surface area contributed by atoms with Crippen molar-refractivity contribution in [3.05, 3.63) is 12.4 Å². The minimum atomic E-state index is -0.292. The second kappa shape index (κ2) is 6.06. The summed E-state index contributed by atoms with van der Waals surface area (Å²) in [6.07, 6.45) is 3.47. The van der Waals surface area contributed by atoms with Crippen LogP contribution in [0, 0.1) is 0 Å². The van der Waals surface area contributed by atoms with Gasteiger partial charge in [0.2, 0.25) is 0 Å². The molecule has 80 valence electrons. The molecule has 0 spiro atoms. The molecule has 1 aromatic heterocycles. The predicted molar refractivity (Wildman–Crippen MR) is 58.5 cm³/mol. The van der Waals surface area contributed by atoms with Crippen molar-refractivity contribution in [2.24, 2.45) is 7.05 Å². The van der Waals surface area contributed by atoms with Crippen LogP contribution in [0.2, 0.25) is 0 Å². The van der Waals surface area contributed by atoms with Gasteiger partial charge in [-0.3, -0.25) is 4.68 Å². The van der Waals surface area contributed by atoms with E-state index in [2.05, 4.69) is 10.4 Å². The smallest absolute Gasteiger partial charge is 0.0758 e. The molecule has 14 heavy (non-hydrogen) atoms. The molecule has 0 aliphatic heterocycles. The summed E-state index contributed by atoms with van der Waals surface area (Å²) >= 11 is 1.63. The van der Waals surface area contributed by atoms with E-state index in [-0.39, 0.29) is 6.10 Å². The Morgan fingerprint density at radius 2 is 2.50 bits per heavy atom. The van der Waals surface area contributed by atoms with Gasteiger partial charge < -0.3 is 10.4 Å². The van der Waals surface area contributed by atoms with Gasteiger partial charge in [0.1, 0.15) is 0 Å². The van der Waals surface area contributed by atoms with E-state index in [0.29, 0.717) is 12.3 Å². The van der Waals surface area contributed by atoms with Gasteiger partial charge in [0.25, 0.3) is 0 Å². The number of nitrogens with zero attached hydrogens (tertiary/aromatic N) is 2. The number of thioether (sulfide) groups is 1. The topological polar surface area (TPSA) is 50.1 Å². The van der Waals surface area contributed by atoms with E-state index in [1.807, 2.05) is 26.4 Å². The van der Waals surface area contributed by atoms with E-state index < -0.39 is 0 Å². The Bertz CT molecular complexity index is 264. The van der Waals surface area contributed by atoms with Gasteiger partial charge in [-0.1, -0.05) is 6.92 Å². The van der Waals surface area contributed by atoms with Crippen molar-refractivity contribution in [2.45, 2.75) is 17.9 Å². The molecule has 1 heterocycles. The van der Waals surface area contributed by atoms with Crippen LogP contribution in [0.25, 0.3) is 0 Å². The summed E-state index contributed by atoms with van der Waals surface area (Å²) in [5.41, 5.74) is 0. The lowest BCUT2D eigenvalue weighted by Gasteiger charge is -2.09. The van der Waals surface area contributed by atoms with Crippen LogP contribution in [0.4, 0.5) is 0 Å². The summed E-state index contributed by atoms with van der Waals surface area (Å²) in [6, 6.07) is 0. The van der Waals surface area contributed by atoms with Gasteiger partial charge in [-0.05, 0) is 6.54 Å². The van der Waals surface area contributed by atoms with Gasteiger partial charge in [-0.25, -0.2) is 0 Å². The van der Waals surface area contributed by atoms with Crippen LogP contribution in [0.3, 0.4) is 0 Å². The van der Waals surface area contributed by atoms with E-state index in [1.165, 1.54) is 0 Å². The van der Waals surface area contributed by atoms with E-state index in [1.54, 1.807) is 16.4 Å². The average molecular weight is 215 g/mol. The lowest BCUT2D eigenvalue weighted by Crippen LogP contribution is -2.28. The Balaban J connectivity index is 2.20. The lowest BCUT2D eigenvalue weighted by atomic mass is 10.4. The first kappa shape index (κ1) is 11.6. The predicted octanol–water partition coefficient (Wildman–Crippen LogP) is 0.483. The van der Waals surface area contributed by atoms with Crippen LogP contribution in [-0.4, -0.2) is 39.8 Å². The number of hydrogen-bond donors (Lipinski definition) is 2. The summed E-state index contributed by atoms with van der Waals surface area (Å²) in [4.78, 5) is 1.10. The summed E-state index contributed by atoms with van der Waals surface area (Å²) < 4.78 is 1.76. The third-order valence-corrected chi connectivity index (χ3v) is 2.85. The Kier molecular flexibility index (Phi) is 5.00. The molecular weight excluding hydrogens is 198 g/mol. The molecule has 1 atom stereocenters. The van der Waals surface area contributed by atoms with E-state index in [0.717, 1.165) is 11.4 Å². The summed E-state index contributed by atoms with van der Waals surface area (Å²) in [7, 11) is 1.89. The number of aryl methyl sites for hydroxylation is 1. The number of aliphatic hydroxyl groups excluding tert-OH is 1. The Morgan fingerprint density at radius 1 is 1.71 bits per heavy atom. The first-order valence-electron chi connectivity index (χ1n) is 4.72. The highest BCUT2D eigenvalue weighted by molar-refractivity contribution is 7.99. The van der Waals surface area contributed by atoms with Crippen molar-refractivity contribution in [3.8, 4) is 0 Å². The van der Waals surface area contributed by atoms with Crippen LogP contribution < -0.4 is 5.32 Å². The second-order valence-corrected chi connectivity index (χ2v) is 4.22. The molecule has 5 heteroatoms. The zero-order chi connectivity index (χ0) is 10.4. The van der Waals surface area contributed by atoms with Gasteiger partial charge in [-0.2, -0.15) is 5.10 Å². The molecule has 0 aliphatic carbocycles. The lowest BCUT2D eigenvalue weighted by molar-refractivity contribution is 0.197. The molecule has 1 aromatic rings. The standard InChI is InChI=1S/C9H17N3OS/c1-3-10-4-8(13)7-14-9-5-11-12(2)6-9/h5-6,8,10,13H,3-4,7H2,1-2H3. The molecule has 2 N–H and O–H groups in total. The molecule has 0 saturated heterocycles. The summed E-state index contributed by atoms with van der Waals surface area (Å²) in [5.74, 6) is 0.707. The molecule has 0 aliphatic rings. The van der Waals surface area contributed by atoms with Crippen LogP contribution in [0.15, 0.2) is 17.3 Å². The number of nitrogens with one attached hydrogen (secondary N) is 1. The quantitative estimate of drug-likeness (QED) is 0.678. The van der Waals surface area contributed by atoms with E-state index in [4.69, 9.17) is 0 Å². The fraction of sp³-hybridized carbons (Fsp3) is 0.667. The van der Waals surface area contributed by atoms with E-state index in [9.17, 15) is 5.11 Å². The molecule has 0 fully saturated rings. The monoisotopic (exact) mass is 215 g/mol. The van der Waals surface area contributed by atoms with Crippen LogP contribution in [0.5, 0.6) is 0 Å². The minimum Gasteiger partial charge on any atom is -0.391 e. The van der Waals surface area contributed by atoms with Crippen molar-refractivity contribution < 1.29 is 5.11 Å². The average Bonchev–Trinajstić information content (AvgIpc) is 2.58. The molecule has 0 saturated carbocycles. The van der Waals surface area contributed by atoms with Gasteiger partial charge >= 0.3 is 0 Å². The minimum absolute atomic E-state index is 0.292. The fourth-order valence-corrected chi connectivity index (χ4v) is 1.89. The van der Waals surface area contributed by atoms with Crippen LogP contribution >= 0.6 is 11.8 Å². The normalized spacial score (nSPS) is 13.1. The van der Waals surface area contributed by atoms with Gasteiger partial charge in [-0.15, -0.1) is 11.8 Å². The van der Waals surface area contributed by atoms with Crippen LogP contribution in [0.1, 0.15) is 6.92 Å². The Hall–Kier alpha value is -0.520. The Labute approximate surface area is 88.7 Å². The first-order valence-corrected chi connectivity index (χ1v) is 5.71. The van der Waals surface area contributed by atoms with Crippen molar-refractivity contribution in [1.29, 1.82) is 0 Å². The first-order chi connectivity index (χ1) is 6.72. The van der Waals surface area contributed by atoms with Crippen molar-refractivity contribution in [2.75, 3.05) is 18.8 Å². The maximum Gasteiger partial charge on any atom is 0.0758 e. The highest BCUT2D eigenvalue weighted by Gasteiger charge is 2.04. The molecule has 0 bridgehead atoms. The number of rotatable bonds is 6. The zero-order valence-electron chi connectivity index (χ0n) is 8.60. The fourth-order valence-electron chi connectivity index (χ4n) is 1.04. The third kappa shape index (κ3) is 4.13. The molecular formula is C9H17N3OS. The summed E-state index contributed by atoms with van der Waals surface area (Å²) in [6.45, 7) is 3.58. The third-order valence-electron chi connectivity index (χ3n) is 1.75. The summed E-state index contributed by atoms with van der Waals surface area (Å²) in [5, 5.41) is 16.7. The number of hydrogen-bond acceptors (Lipinski definition) is 4. The maximum atomic E-state index is 9.54. The SMILES string of the molecule is CCNCC(O)CSc1cnn(C)c1. The van der Waals surface area contributed by atoms with E-state index >= 15 is 0 Å². The van der Waals surface area contributed by atoms with Gasteiger partial charge in [0, 0.05) is 30.4 Å². The largest absolute Gasteiger partial charge is 0.391 e. The number of likely N-dealkylation sites (N-methyl/N-ethyl adjacent to an activating group) is 1. The van der Waals surface area contributed by atoms with Crippen LogP contribution in [-0.2, 0) is 7.05 Å². The molecule has 0 aromatic carbocycles. The van der Waals surface area contributed by atoms with Gasteiger partial charge in [0.15, 0.2) is 0 Å². The van der Waals surface area contributed by atoms with Gasteiger partial charge in [0.05, 0.1) is 12.3 Å².